The second-order valence-corrected chi connectivity index (χ2v) is 7.27. The zero-order chi connectivity index (χ0) is 17.8. The van der Waals surface area contributed by atoms with Crippen LogP contribution in [-0.4, -0.2) is 18.9 Å². The van der Waals surface area contributed by atoms with Crippen LogP contribution in [0.4, 0.5) is 5.69 Å². The highest BCUT2D eigenvalue weighted by molar-refractivity contribution is 5.49. The van der Waals surface area contributed by atoms with Crippen molar-refractivity contribution in [1.82, 2.24) is 0 Å². The summed E-state index contributed by atoms with van der Waals surface area (Å²) in [7, 11) is 0. The minimum absolute atomic E-state index is 0.0372. The van der Waals surface area contributed by atoms with Gasteiger partial charge in [-0.2, -0.15) is 5.26 Å². The lowest BCUT2D eigenvalue weighted by Crippen LogP contribution is -2.38. The Morgan fingerprint density at radius 2 is 2.04 bits per heavy atom. The average Bonchev–Trinajstić information content (AvgIpc) is 3.10. The number of benzene rings is 2. The zero-order valence-electron chi connectivity index (χ0n) is 14.9. The molecule has 1 aliphatic heterocycles. The molecule has 2 aromatic rings. The Balaban J connectivity index is 1.36. The lowest BCUT2D eigenvalue weighted by molar-refractivity contribution is -0.196. The second-order valence-electron chi connectivity index (χ2n) is 7.27. The normalized spacial score (nSPS) is 28.0. The maximum absolute atomic E-state index is 9.03. The first-order valence-electron chi connectivity index (χ1n) is 9.37. The molecule has 2 aliphatic rings. The van der Waals surface area contributed by atoms with Crippen LogP contribution in [0.1, 0.15) is 42.9 Å². The van der Waals surface area contributed by atoms with Crippen molar-refractivity contribution in [2.24, 2.45) is 5.92 Å². The SMILES string of the molecule is N#Cc1cccc(NCC2CCCC3(C2)OCC(c2ccccc2)O3)c1. The summed E-state index contributed by atoms with van der Waals surface area (Å²) in [5, 5.41) is 12.5. The van der Waals surface area contributed by atoms with Crippen molar-refractivity contribution in [3.63, 3.8) is 0 Å². The van der Waals surface area contributed by atoms with Gasteiger partial charge < -0.3 is 14.8 Å². The molecule has 0 aromatic heterocycles. The molecule has 1 aliphatic carbocycles. The van der Waals surface area contributed by atoms with Gasteiger partial charge in [-0.3, -0.25) is 0 Å². The van der Waals surface area contributed by atoms with Gasteiger partial charge >= 0.3 is 0 Å². The molecule has 4 rings (SSSR count). The monoisotopic (exact) mass is 348 g/mol. The summed E-state index contributed by atoms with van der Waals surface area (Å²) >= 11 is 0. The molecule has 0 bridgehead atoms. The van der Waals surface area contributed by atoms with E-state index in [0.717, 1.165) is 31.5 Å². The molecule has 1 saturated heterocycles. The Morgan fingerprint density at radius 1 is 1.15 bits per heavy atom. The summed E-state index contributed by atoms with van der Waals surface area (Å²) in [5.41, 5.74) is 2.88. The van der Waals surface area contributed by atoms with E-state index in [2.05, 4.69) is 23.5 Å². The molecule has 2 aromatic carbocycles. The third kappa shape index (κ3) is 3.75. The summed E-state index contributed by atoms with van der Waals surface area (Å²) in [4.78, 5) is 0. The van der Waals surface area contributed by atoms with Crippen molar-refractivity contribution in [2.75, 3.05) is 18.5 Å². The molecule has 1 spiro atoms. The van der Waals surface area contributed by atoms with E-state index in [9.17, 15) is 0 Å². The minimum atomic E-state index is -0.431. The van der Waals surface area contributed by atoms with Crippen molar-refractivity contribution in [1.29, 1.82) is 5.26 Å². The first-order chi connectivity index (χ1) is 12.8. The molecule has 3 atom stereocenters. The van der Waals surface area contributed by atoms with E-state index in [1.54, 1.807) is 0 Å². The highest BCUT2D eigenvalue weighted by atomic mass is 16.7. The largest absolute Gasteiger partial charge is 0.385 e. The van der Waals surface area contributed by atoms with Gasteiger partial charge in [-0.15, -0.1) is 0 Å². The van der Waals surface area contributed by atoms with Crippen LogP contribution in [-0.2, 0) is 9.47 Å². The van der Waals surface area contributed by atoms with Gasteiger partial charge in [0.1, 0.15) is 6.10 Å². The first kappa shape index (κ1) is 17.1. The number of hydrogen-bond donors (Lipinski definition) is 1. The Morgan fingerprint density at radius 3 is 2.88 bits per heavy atom. The molecule has 26 heavy (non-hydrogen) atoms. The van der Waals surface area contributed by atoms with Crippen LogP contribution in [0.3, 0.4) is 0 Å². The Kier molecular flexibility index (Phi) is 4.92. The van der Waals surface area contributed by atoms with Gasteiger partial charge in [-0.1, -0.05) is 36.4 Å². The highest BCUT2D eigenvalue weighted by Gasteiger charge is 2.45. The number of rotatable bonds is 4. The number of nitrogens with zero attached hydrogens (tertiary/aromatic N) is 1. The van der Waals surface area contributed by atoms with E-state index in [4.69, 9.17) is 14.7 Å². The van der Waals surface area contributed by atoms with Gasteiger partial charge in [-0.25, -0.2) is 0 Å². The van der Waals surface area contributed by atoms with Crippen LogP contribution in [0.2, 0.25) is 0 Å². The minimum Gasteiger partial charge on any atom is -0.385 e. The lowest BCUT2D eigenvalue weighted by Gasteiger charge is -2.36. The summed E-state index contributed by atoms with van der Waals surface area (Å²) in [6, 6.07) is 20.2. The zero-order valence-corrected chi connectivity index (χ0v) is 14.9. The van der Waals surface area contributed by atoms with Crippen molar-refractivity contribution >= 4 is 5.69 Å². The van der Waals surface area contributed by atoms with Crippen molar-refractivity contribution in [3.8, 4) is 6.07 Å². The lowest BCUT2D eigenvalue weighted by atomic mass is 9.84. The molecule has 0 radical (unpaired) electrons. The van der Waals surface area contributed by atoms with E-state index >= 15 is 0 Å². The molecule has 1 saturated carbocycles. The van der Waals surface area contributed by atoms with E-state index in [0.29, 0.717) is 18.1 Å². The molecule has 0 amide bonds. The highest BCUT2D eigenvalue weighted by Crippen LogP contribution is 2.44. The number of hydrogen-bond acceptors (Lipinski definition) is 4. The second kappa shape index (κ2) is 7.49. The maximum Gasteiger partial charge on any atom is 0.169 e. The molecule has 1 heterocycles. The Labute approximate surface area is 154 Å². The van der Waals surface area contributed by atoms with Gasteiger partial charge in [0, 0.05) is 25.1 Å². The molecule has 4 nitrogen and oxygen atoms in total. The topological polar surface area (TPSA) is 54.3 Å². The van der Waals surface area contributed by atoms with Crippen molar-refractivity contribution < 1.29 is 9.47 Å². The Bertz CT molecular complexity index is 786. The van der Waals surface area contributed by atoms with E-state index in [-0.39, 0.29) is 6.10 Å². The van der Waals surface area contributed by atoms with Crippen molar-refractivity contribution in [2.45, 2.75) is 37.6 Å². The molecule has 4 heteroatoms. The smallest absolute Gasteiger partial charge is 0.169 e. The van der Waals surface area contributed by atoms with Gasteiger partial charge in [-0.05, 0) is 42.5 Å². The summed E-state index contributed by atoms with van der Waals surface area (Å²) in [6.45, 7) is 1.51. The van der Waals surface area contributed by atoms with Gasteiger partial charge in [0.2, 0.25) is 0 Å². The first-order valence-corrected chi connectivity index (χ1v) is 9.37. The molecular formula is C22H24N2O2. The van der Waals surface area contributed by atoms with Crippen LogP contribution in [0.15, 0.2) is 54.6 Å². The van der Waals surface area contributed by atoms with E-state index in [1.165, 1.54) is 12.0 Å². The van der Waals surface area contributed by atoms with Gasteiger partial charge in [0.15, 0.2) is 5.79 Å². The van der Waals surface area contributed by atoms with Gasteiger partial charge in [0.05, 0.1) is 18.2 Å². The predicted molar refractivity (Wildman–Crippen MR) is 101 cm³/mol. The van der Waals surface area contributed by atoms with Crippen LogP contribution in [0.25, 0.3) is 0 Å². The fraction of sp³-hybridized carbons (Fsp3) is 0.409. The maximum atomic E-state index is 9.03. The third-order valence-electron chi connectivity index (χ3n) is 5.38. The number of nitriles is 1. The van der Waals surface area contributed by atoms with Gasteiger partial charge in [0.25, 0.3) is 0 Å². The van der Waals surface area contributed by atoms with Crippen LogP contribution < -0.4 is 5.32 Å². The van der Waals surface area contributed by atoms with Crippen LogP contribution in [0.5, 0.6) is 0 Å². The third-order valence-corrected chi connectivity index (χ3v) is 5.38. The predicted octanol–water partition coefficient (Wildman–Crippen LogP) is 4.64. The summed E-state index contributed by atoms with van der Waals surface area (Å²) in [6.07, 6.45) is 4.22. The average molecular weight is 348 g/mol. The number of anilines is 1. The molecular weight excluding hydrogens is 324 g/mol. The Hall–Kier alpha value is -2.35. The van der Waals surface area contributed by atoms with E-state index < -0.39 is 5.79 Å². The van der Waals surface area contributed by atoms with E-state index in [1.807, 2.05) is 42.5 Å². The molecule has 134 valence electrons. The summed E-state index contributed by atoms with van der Waals surface area (Å²) in [5.74, 6) is 0.0728. The standard InChI is InChI=1S/C22H24N2O2/c23-14-17-6-4-10-20(12-17)24-15-18-7-5-11-22(13-18)25-16-21(26-22)19-8-2-1-3-9-19/h1-4,6,8-10,12,18,21,24H,5,7,11,13,15-16H2. The fourth-order valence-electron chi connectivity index (χ4n) is 4.06. The molecule has 2 fully saturated rings. The van der Waals surface area contributed by atoms with Crippen LogP contribution in [0, 0.1) is 17.2 Å². The molecule has 3 unspecified atom stereocenters. The number of ether oxygens (including phenoxy) is 2. The summed E-state index contributed by atoms with van der Waals surface area (Å²) < 4.78 is 12.6. The van der Waals surface area contributed by atoms with Crippen LogP contribution >= 0.6 is 0 Å². The number of nitrogens with one attached hydrogen (secondary N) is 1. The quantitative estimate of drug-likeness (QED) is 0.874. The fourth-order valence-corrected chi connectivity index (χ4v) is 4.06. The molecule has 1 N–H and O–H groups in total. The van der Waals surface area contributed by atoms with Crippen molar-refractivity contribution in [3.05, 3.63) is 65.7 Å².